The third-order valence-corrected chi connectivity index (χ3v) is 4.16. The van der Waals surface area contributed by atoms with Gasteiger partial charge in [0, 0.05) is 48.3 Å². The summed E-state index contributed by atoms with van der Waals surface area (Å²) in [6, 6.07) is 5.72. The van der Waals surface area contributed by atoms with Crippen LogP contribution in [0.4, 0.5) is 0 Å². The monoisotopic (exact) mass is 286 g/mol. The number of benzene rings is 1. The summed E-state index contributed by atoms with van der Waals surface area (Å²) < 4.78 is 0. The van der Waals surface area contributed by atoms with Gasteiger partial charge in [0.25, 0.3) is 0 Å². The molecule has 0 unspecified atom stereocenters. The van der Waals surface area contributed by atoms with Crippen LogP contribution in [0.2, 0.25) is 10.0 Å². The molecule has 1 fully saturated rings. The van der Waals surface area contributed by atoms with E-state index in [1.165, 1.54) is 13.0 Å². The van der Waals surface area contributed by atoms with Crippen molar-refractivity contribution in [2.75, 3.05) is 32.7 Å². The van der Waals surface area contributed by atoms with Crippen molar-refractivity contribution in [1.29, 1.82) is 0 Å². The van der Waals surface area contributed by atoms with Gasteiger partial charge in [0.2, 0.25) is 0 Å². The van der Waals surface area contributed by atoms with Gasteiger partial charge in [0.05, 0.1) is 0 Å². The van der Waals surface area contributed by atoms with Crippen LogP contribution in [-0.2, 0) is 6.54 Å². The van der Waals surface area contributed by atoms with Crippen LogP contribution in [0.1, 0.15) is 18.9 Å². The fraction of sp³-hybridized carbons (Fsp3) is 0.571. The number of halogens is 2. The Bertz CT molecular complexity index is 367. The van der Waals surface area contributed by atoms with Gasteiger partial charge < -0.3 is 4.90 Å². The van der Waals surface area contributed by atoms with Crippen LogP contribution in [0.3, 0.4) is 0 Å². The Hall–Kier alpha value is -0.280. The van der Waals surface area contributed by atoms with Gasteiger partial charge in [0.15, 0.2) is 0 Å². The zero-order valence-electron chi connectivity index (χ0n) is 10.8. The highest BCUT2D eigenvalue weighted by molar-refractivity contribution is 6.35. The van der Waals surface area contributed by atoms with Crippen LogP contribution >= 0.6 is 23.2 Å². The minimum Gasteiger partial charge on any atom is -0.301 e. The molecule has 0 aliphatic carbocycles. The molecule has 0 aromatic heterocycles. The van der Waals surface area contributed by atoms with Gasteiger partial charge in [-0.3, -0.25) is 4.90 Å². The minimum absolute atomic E-state index is 0.776. The predicted octanol–water partition coefficient (Wildman–Crippen LogP) is 3.52. The highest BCUT2D eigenvalue weighted by Gasteiger charge is 2.17. The number of hydrogen-bond donors (Lipinski definition) is 0. The van der Waals surface area contributed by atoms with Crippen molar-refractivity contribution in [1.82, 2.24) is 9.80 Å². The molecular weight excluding hydrogens is 267 g/mol. The topological polar surface area (TPSA) is 6.48 Å². The fourth-order valence-electron chi connectivity index (χ4n) is 2.39. The fourth-order valence-corrected chi connectivity index (χ4v) is 2.91. The summed E-state index contributed by atoms with van der Waals surface area (Å²) in [6.45, 7) is 8.80. The van der Waals surface area contributed by atoms with Crippen molar-refractivity contribution in [3.05, 3.63) is 33.8 Å². The molecule has 0 radical (unpaired) electrons. The van der Waals surface area contributed by atoms with Crippen molar-refractivity contribution in [3.63, 3.8) is 0 Å². The lowest BCUT2D eigenvalue weighted by Gasteiger charge is -2.34. The van der Waals surface area contributed by atoms with Crippen molar-refractivity contribution in [2.24, 2.45) is 0 Å². The maximum absolute atomic E-state index is 6.21. The van der Waals surface area contributed by atoms with E-state index in [2.05, 4.69) is 16.7 Å². The van der Waals surface area contributed by atoms with E-state index >= 15 is 0 Å². The van der Waals surface area contributed by atoms with E-state index in [-0.39, 0.29) is 0 Å². The quantitative estimate of drug-likeness (QED) is 0.836. The van der Waals surface area contributed by atoms with Crippen LogP contribution in [-0.4, -0.2) is 42.5 Å². The lowest BCUT2D eigenvalue weighted by Crippen LogP contribution is -2.46. The highest BCUT2D eigenvalue weighted by Crippen LogP contribution is 2.25. The van der Waals surface area contributed by atoms with Crippen LogP contribution in [0, 0.1) is 0 Å². The lowest BCUT2D eigenvalue weighted by atomic mass is 10.2. The smallest absolute Gasteiger partial charge is 0.0465 e. The Balaban J connectivity index is 1.92. The van der Waals surface area contributed by atoms with E-state index in [4.69, 9.17) is 23.2 Å². The molecule has 2 nitrogen and oxygen atoms in total. The van der Waals surface area contributed by atoms with Crippen LogP contribution in [0.25, 0.3) is 0 Å². The largest absolute Gasteiger partial charge is 0.301 e. The van der Waals surface area contributed by atoms with Crippen molar-refractivity contribution >= 4 is 23.2 Å². The SMILES string of the molecule is CCCN1CCN(Cc2c(Cl)cccc2Cl)CC1. The van der Waals surface area contributed by atoms with Gasteiger partial charge >= 0.3 is 0 Å². The average Bonchev–Trinajstić information content (AvgIpc) is 2.36. The summed E-state index contributed by atoms with van der Waals surface area (Å²) >= 11 is 12.4. The molecule has 1 aromatic rings. The molecule has 0 atom stereocenters. The molecule has 1 aliphatic rings. The van der Waals surface area contributed by atoms with Crippen molar-refractivity contribution < 1.29 is 0 Å². The molecule has 1 aromatic carbocycles. The first-order valence-electron chi connectivity index (χ1n) is 6.58. The molecule has 0 bridgehead atoms. The van der Waals surface area contributed by atoms with Gasteiger partial charge in [-0.1, -0.05) is 36.2 Å². The summed E-state index contributed by atoms with van der Waals surface area (Å²) in [7, 11) is 0. The summed E-state index contributed by atoms with van der Waals surface area (Å²) in [5, 5.41) is 1.55. The minimum atomic E-state index is 0.776. The molecule has 0 N–H and O–H groups in total. The normalized spacial score (nSPS) is 18.2. The zero-order valence-corrected chi connectivity index (χ0v) is 12.3. The van der Waals surface area contributed by atoms with Gasteiger partial charge in [-0.15, -0.1) is 0 Å². The number of rotatable bonds is 4. The molecule has 1 heterocycles. The van der Waals surface area contributed by atoms with E-state index < -0.39 is 0 Å². The Labute approximate surface area is 119 Å². The number of piperazine rings is 1. The van der Waals surface area contributed by atoms with Crippen molar-refractivity contribution in [2.45, 2.75) is 19.9 Å². The third-order valence-electron chi connectivity index (χ3n) is 3.45. The van der Waals surface area contributed by atoms with Crippen LogP contribution in [0.5, 0.6) is 0 Å². The van der Waals surface area contributed by atoms with Gasteiger partial charge in [-0.2, -0.15) is 0 Å². The summed E-state index contributed by atoms with van der Waals surface area (Å²) in [5.41, 5.74) is 1.06. The van der Waals surface area contributed by atoms with Gasteiger partial charge in [-0.25, -0.2) is 0 Å². The molecule has 2 rings (SSSR count). The first-order valence-corrected chi connectivity index (χ1v) is 7.34. The van der Waals surface area contributed by atoms with Gasteiger partial charge in [-0.05, 0) is 25.1 Å². The second-order valence-electron chi connectivity index (χ2n) is 4.82. The van der Waals surface area contributed by atoms with Crippen LogP contribution < -0.4 is 0 Å². The Kier molecular flexibility index (Phi) is 5.31. The van der Waals surface area contributed by atoms with E-state index in [1.807, 2.05) is 18.2 Å². The molecular formula is C14H20Cl2N2. The first kappa shape index (κ1) is 14.1. The van der Waals surface area contributed by atoms with E-state index in [9.17, 15) is 0 Å². The molecule has 100 valence electrons. The molecule has 1 aliphatic heterocycles. The maximum atomic E-state index is 6.21. The molecule has 18 heavy (non-hydrogen) atoms. The second-order valence-corrected chi connectivity index (χ2v) is 5.63. The van der Waals surface area contributed by atoms with E-state index in [1.54, 1.807) is 0 Å². The number of nitrogens with zero attached hydrogens (tertiary/aromatic N) is 2. The number of hydrogen-bond acceptors (Lipinski definition) is 2. The molecule has 0 spiro atoms. The van der Waals surface area contributed by atoms with Crippen LogP contribution in [0.15, 0.2) is 18.2 Å². The van der Waals surface area contributed by atoms with E-state index in [0.29, 0.717) is 0 Å². The Morgan fingerprint density at radius 2 is 1.56 bits per heavy atom. The third kappa shape index (κ3) is 3.61. The standard InChI is InChI=1S/C14H20Cl2N2/c1-2-6-17-7-9-18(10-8-17)11-12-13(15)4-3-5-14(12)16/h3-5H,2,6-11H2,1H3. The summed E-state index contributed by atoms with van der Waals surface area (Å²) in [5.74, 6) is 0. The highest BCUT2D eigenvalue weighted by atomic mass is 35.5. The summed E-state index contributed by atoms with van der Waals surface area (Å²) in [6.07, 6.45) is 1.23. The molecule has 0 saturated carbocycles. The summed E-state index contributed by atoms with van der Waals surface area (Å²) in [4.78, 5) is 4.95. The lowest BCUT2D eigenvalue weighted by molar-refractivity contribution is 0.127. The molecule has 0 amide bonds. The Morgan fingerprint density at radius 1 is 1.00 bits per heavy atom. The Morgan fingerprint density at radius 3 is 2.11 bits per heavy atom. The molecule has 1 saturated heterocycles. The van der Waals surface area contributed by atoms with Gasteiger partial charge in [0.1, 0.15) is 0 Å². The first-order chi connectivity index (χ1) is 8.70. The van der Waals surface area contributed by atoms with E-state index in [0.717, 1.165) is 48.3 Å². The predicted molar refractivity (Wildman–Crippen MR) is 78.5 cm³/mol. The second kappa shape index (κ2) is 6.76. The molecule has 4 heteroatoms. The zero-order chi connectivity index (χ0) is 13.0. The average molecular weight is 287 g/mol. The maximum Gasteiger partial charge on any atom is 0.0465 e. The van der Waals surface area contributed by atoms with Crippen molar-refractivity contribution in [3.8, 4) is 0 Å².